The molecule has 0 unspecified atom stereocenters. The summed E-state index contributed by atoms with van der Waals surface area (Å²) in [6, 6.07) is 16.3. The quantitative estimate of drug-likeness (QED) is 0.169. The number of ether oxygens (including phenoxy) is 3. The van der Waals surface area contributed by atoms with E-state index in [1.165, 1.54) is 18.2 Å². The number of esters is 1. The van der Waals surface area contributed by atoms with Crippen LogP contribution < -0.4 is 4.90 Å². The van der Waals surface area contributed by atoms with E-state index in [4.69, 9.17) is 19.2 Å². The number of amides is 1. The molecule has 0 spiro atoms. The van der Waals surface area contributed by atoms with E-state index in [-0.39, 0.29) is 24.8 Å². The lowest BCUT2D eigenvalue weighted by molar-refractivity contribution is -0.150. The highest BCUT2D eigenvalue weighted by molar-refractivity contribution is 9.10. The molecule has 2 aliphatic heterocycles. The first-order valence-electron chi connectivity index (χ1n) is 16.3. The van der Waals surface area contributed by atoms with Crippen LogP contribution in [0.5, 0.6) is 0 Å². The van der Waals surface area contributed by atoms with E-state index < -0.39 is 5.41 Å². The lowest BCUT2D eigenvalue weighted by Crippen LogP contribution is -2.49. The molecule has 0 N–H and O–H groups in total. The van der Waals surface area contributed by atoms with Gasteiger partial charge in [-0.2, -0.15) is 0 Å². The van der Waals surface area contributed by atoms with Crippen molar-refractivity contribution in [2.75, 3.05) is 45.3 Å². The van der Waals surface area contributed by atoms with E-state index in [2.05, 4.69) is 43.6 Å². The highest BCUT2D eigenvalue weighted by atomic mass is 79.9. The lowest BCUT2D eigenvalue weighted by Gasteiger charge is -2.35. The second-order valence-corrected chi connectivity index (χ2v) is 14.0. The molecule has 0 saturated carbocycles. The molecule has 1 amide bonds. The third kappa shape index (κ3) is 6.63. The van der Waals surface area contributed by atoms with Crippen LogP contribution in [0.1, 0.15) is 55.7 Å². The molecule has 10 heteroatoms. The van der Waals surface area contributed by atoms with Gasteiger partial charge in [-0.15, -0.1) is 0 Å². The predicted octanol–water partition coefficient (Wildman–Crippen LogP) is 7.32. The fourth-order valence-corrected chi connectivity index (χ4v) is 7.45. The van der Waals surface area contributed by atoms with Crippen LogP contribution in [0.25, 0.3) is 22.2 Å². The van der Waals surface area contributed by atoms with Gasteiger partial charge in [0.2, 0.25) is 0 Å². The topological polar surface area (TPSA) is 86.1 Å². The van der Waals surface area contributed by atoms with Crippen LogP contribution in [0, 0.1) is 5.41 Å². The van der Waals surface area contributed by atoms with E-state index in [9.17, 15) is 9.59 Å². The molecular formula is C37H43BrN4O5. The fraction of sp³-hybridized carbons (Fsp3) is 0.432. The molecule has 4 heterocycles. The van der Waals surface area contributed by atoms with Crippen LogP contribution in [-0.4, -0.2) is 66.9 Å². The first-order chi connectivity index (χ1) is 22.6. The summed E-state index contributed by atoms with van der Waals surface area (Å²) < 4.78 is 20.2. The summed E-state index contributed by atoms with van der Waals surface area (Å²) in [6.07, 6.45) is 3.88. The maximum atomic E-state index is 13.0. The van der Waals surface area contributed by atoms with Gasteiger partial charge >= 0.3 is 12.1 Å². The smallest absolute Gasteiger partial charge is 0.410 e. The standard InChI is InChI=1S/C37H43BrN4O5/c1-24(45-4)32-30(20-28(22-39-32)40-14-16-41(17-15-40)36(44)47-23-25-10-7-6-8-11-25)34-31(21-37(2,3)35(43)46-5)29-19-27(38)18-26-12-9-13-42(34)33(26)29/h6-8,10-11,18-20,22,24H,9,12-17,21,23H2,1-5H3/t24-/m0/s1. The van der Waals surface area contributed by atoms with Gasteiger partial charge in [0.1, 0.15) is 6.61 Å². The summed E-state index contributed by atoms with van der Waals surface area (Å²) >= 11 is 3.77. The molecule has 2 aliphatic rings. The van der Waals surface area contributed by atoms with Crippen molar-refractivity contribution in [1.82, 2.24) is 14.5 Å². The van der Waals surface area contributed by atoms with E-state index in [1.54, 1.807) is 12.0 Å². The van der Waals surface area contributed by atoms with Gasteiger partial charge in [-0.3, -0.25) is 9.78 Å². The molecule has 4 aromatic rings. The van der Waals surface area contributed by atoms with E-state index in [0.29, 0.717) is 32.6 Å². The number of nitrogens with zero attached hydrogens (tertiary/aromatic N) is 4. The predicted molar refractivity (Wildman–Crippen MR) is 187 cm³/mol. The summed E-state index contributed by atoms with van der Waals surface area (Å²) in [5.41, 5.74) is 7.75. The Hall–Kier alpha value is -3.89. The number of halogens is 1. The number of pyridine rings is 1. The van der Waals surface area contributed by atoms with Crippen LogP contribution in [0.15, 0.2) is 59.2 Å². The number of anilines is 1. The lowest BCUT2D eigenvalue weighted by atomic mass is 9.83. The van der Waals surface area contributed by atoms with Crippen molar-refractivity contribution in [3.05, 3.63) is 81.6 Å². The van der Waals surface area contributed by atoms with Gasteiger partial charge in [0.25, 0.3) is 0 Å². The zero-order valence-electron chi connectivity index (χ0n) is 27.8. The second-order valence-electron chi connectivity index (χ2n) is 13.1. The molecule has 9 nitrogen and oxygen atoms in total. The normalized spacial score (nSPS) is 15.5. The molecule has 2 aromatic carbocycles. The molecule has 2 aromatic heterocycles. The molecule has 0 radical (unpaired) electrons. The average molecular weight is 704 g/mol. The summed E-state index contributed by atoms with van der Waals surface area (Å²) in [5, 5.41) is 1.14. The van der Waals surface area contributed by atoms with E-state index in [1.807, 2.05) is 57.3 Å². The van der Waals surface area contributed by atoms with Crippen LogP contribution in [0.2, 0.25) is 0 Å². The number of carbonyl (C=O) groups is 2. The highest BCUT2D eigenvalue weighted by Crippen LogP contribution is 2.45. The van der Waals surface area contributed by atoms with Crippen molar-refractivity contribution in [3.8, 4) is 11.3 Å². The van der Waals surface area contributed by atoms with Gasteiger partial charge in [-0.1, -0.05) is 46.3 Å². The minimum atomic E-state index is -0.747. The number of rotatable bonds is 9. The van der Waals surface area contributed by atoms with Crippen molar-refractivity contribution in [1.29, 1.82) is 0 Å². The Bertz CT molecular complexity index is 1780. The van der Waals surface area contributed by atoms with Crippen LogP contribution in [0.3, 0.4) is 0 Å². The average Bonchev–Trinajstić information content (AvgIpc) is 3.39. The third-order valence-electron chi connectivity index (χ3n) is 9.49. The molecule has 1 saturated heterocycles. The van der Waals surface area contributed by atoms with E-state index in [0.717, 1.165) is 63.0 Å². The minimum Gasteiger partial charge on any atom is -0.469 e. The summed E-state index contributed by atoms with van der Waals surface area (Å²) in [6.45, 7) is 9.45. The number of piperazine rings is 1. The zero-order valence-corrected chi connectivity index (χ0v) is 29.4. The molecule has 1 fully saturated rings. The number of aryl methyl sites for hydroxylation is 2. The first kappa shape index (κ1) is 33.0. The first-order valence-corrected chi connectivity index (χ1v) is 17.1. The number of methoxy groups -OCH3 is 2. The van der Waals surface area contributed by atoms with Gasteiger partial charge in [0.15, 0.2) is 0 Å². The van der Waals surface area contributed by atoms with Crippen molar-refractivity contribution >= 4 is 44.6 Å². The number of hydrogen-bond acceptors (Lipinski definition) is 7. The van der Waals surface area contributed by atoms with Crippen molar-refractivity contribution in [2.24, 2.45) is 5.41 Å². The molecular weight excluding hydrogens is 660 g/mol. The molecule has 47 heavy (non-hydrogen) atoms. The monoisotopic (exact) mass is 702 g/mol. The van der Waals surface area contributed by atoms with E-state index >= 15 is 0 Å². The van der Waals surface area contributed by atoms with Crippen LogP contribution >= 0.6 is 15.9 Å². The Labute approximate surface area is 284 Å². The van der Waals surface area contributed by atoms with Crippen LogP contribution in [0.4, 0.5) is 10.5 Å². The Kier molecular flexibility index (Phi) is 9.62. The maximum absolute atomic E-state index is 13.0. The molecule has 0 bridgehead atoms. The number of carbonyl (C=O) groups excluding carboxylic acids is 2. The molecule has 1 atom stereocenters. The SMILES string of the molecule is COC(=O)C(C)(C)Cc1c(-c2cc(N3CCN(C(=O)OCc4ccccc4)CC3)cnc2[C@H](C)OC)n2c3c(cc(Br)cc13)CCC2. The number of hydrogen-bond donors (Lipinski definition) is 0. The minimum absolute atomic E-state index is 0.244. The van der Waals surface area contributed by atoms with Gasteiger partial charge in [-0.25, -0.2) is 4.79 Å². The van der Waals surface area contributed by atoms with Gasteiger partial charge in [0.05, 0.1) is 47.4 Å². The van der Waals surface area contributed by atoms with Crippen molar-refractivity contribution in [3.63, 3.8) is 0 Å². The van der Waals surface area contributed by atoms with Crippen molar-refractivity contribution in [2.45, 2.75) is 59.3 Å². The van der Waals surface area contributed by atoms with Gasteiger partial charge < -0.3 is 28.6 Å². The molecule has 248 valence electrons. The Morgan fingerprint density at radius 1 is 1.02 bits per heavy atom. The number of benzene rings is 2. The highest BCUT2D eigenvalue weighted by Gasteiger charge is 2.35. The summed E-state index contributed by atoms with van der Waals surface area (Å²) in [7, 11) is 3.15. The van der Waals surface area contributed by atoms with Gasteiger partial charge in [0, 0.05) is 55.3 Å². The van der Waals surface area contributed by atoms with Crippen LogP contribution in [-0.2, 0) is 45.0 Å². The Balaban J connectivity index is 1.37. The zero-order chi connectivity index (χ0) is 33.3. The third-order valence-corrected chi connectivity index (χ3v) is 9.95. The number of aromatic nitrogens is 2. The van der Waals surface area contributed by atoms with Gasteiger partial charge in [-0.05, 0) is 74.9 Å². The van der Waals surface area contributed by atoms with Crippen molar-refractivity contribution < 1.29 is 23.8 Å². The summed E-state index contributed by atoms with van der Waals surface area (Å²) in [4.78, 5) is 34.9. The molecule has 0 aliphatic carbocycles. The second kappa shape index (κ2) is 13.7. The summed E-state index contributed by atoms with van der Waals surface area (Å²) in [5.74, 6) is -0.244. The largest absolute Gasteiger partial charge is 0.469 e. The maximum Gasteiger partial charge on any atom is 0.410 e. The Morgan fingerprint density at radius 3 is 2.47 bits per heavy atom. The Morgan fingerprint density at radius 2 is 1.77 bits per heavy atom. The molecule has 6 rings (SSSR count). The fourth-order valence-electron chi connectivity index (χ4n) is 6.95.